The van der Waals surface area contributed by atoms with E-state index < -0.39 is 45.8 Å². The minimum Gasteiger partial charge on any atom is -0.456 e. The molecule has 0 bridgehead atoms. The van der Waals surface area contributed by atoms with E-state index in [1.807, 2.05) is 0 Å². The maximum Gasteiger partial charge on any atom is 0.319 e. The highest BCUT2D eigenvalue weighted by Crippen LogP contribution is 2.50. The van der Waals surface area contributed by atoms with E-state index in [9.17, 15) is 19.2 Å². The van der Waals surface area contributed by atoms with Crippen LogP contribution in [0.4, 0.5) is 0 Å². The molecule has 2 saturated heterocycles. The van der Waals surface area contributed by atoms with Crippen LogP contribution in [0.5, 0.6) is 0 Å². The van der Waals surface area contributed by atoms with Crippen molar-refractivity contribution < 1.29 is 28.7 Å². The number of rotatable bonds is 2. The molecule has 0 aliphatic carbocycles. The molecule has 0 amide bonds. The number of benzene rings is 1. The van der Waals surface area contributed by atoms with Crippen LogP contribution in [0.25, 0.3) is 0 Å². The molecule has 0 radical (unpaired) electrons. The second-order valence-corrected chi connectivity index (χ2v) is 10.6. The Bertz CT molecular complexity index is 856. The number of hydrogen-bond donors (Lipinski definition) is 0. The van der Waals surface area contributed by atoms with E-state index in [2.05, 4.69) is 0 Å². The number of hydrogen-bond acceptors (Lipinski definition) is 6. The summed E-state index contributed by atoms with van der Waals surface area (Å²) in [4.78, 5) is 50.6. The van der Waals surface area contributed by atoms with Crippen molar-refractivity contribution in [2.45, 2.75) is 67.6 Å². The van der Waals surface area contributed by atoms with Crippen molar-refractivity contribution in [3.63, 3.8) is 0 Å². The summed E-state index contributed by atoms with van der Waals surface area (Å²) in [5.74, 6) is -1.43. The van der Waals surface area contributed by atoms with Gasteiger partial charge in [-0.05, 0) is 66.5 Å². The van der Waals surface area contributed by atoms with Crippen molar-refractivity contribution in [3.8, 4) is 0 Å². The second kappa shape index (κ2) is 6.50. The summed E-state index contributed by atoms with van der Waals surface area (Å²) in [6.45, 7) is 13.4. The molecule has 0 spiro atoms. The fourth-order valence-electron chi connectivity index (χ4n) is 4.65. The highest BCUT2D eigenvalue weighted by atomic mass is 16.6. The minimum atomic E-state index is -1.19. The number of esters is 2. The Labute approximate surface area is 177 Å². The molecular formula is C24H30O6. The third kappa shape index (κ3) is 2.99. The van der Waals surface area contributed by atoms with Gasteiger partial charge in [0.25, 0.3) is 0 Å². The van der Waals surface area contributed by atoms with Crippen LogP contribution in [0, 0.1) is 21.7 Å². The van der Waals surface area contributed by atoms with Gasteiger partial charge in [-0.1, -0.05) is 24.3 Å². The third-order valence-electron chi connectivity index (χ3n) is 6.63. The van der Waals surface area contributed by atoms with Crippen molar-refractivity contribution in [3.05, 3.63) is 35.4 Å². The Kier molecular flexibility index (Phi) is 4.81. The Balaban J connectivity index is 1.94. The number of Topliss-reactive ketones (excluding diaryl/α,β-unsaturated/α-hetero) is 2. The molecule has 2 atom stereocenters. The Morgan fingerprint density at radius 3 is 1.10 bits per heavy atom. The van der Waals surface area contributed by atoms with E-state index in [1.165, 1.54) is 0 Å². The lowest BCUT2D eigenvalue weighted by Gasteiger charge is -2.44. The van der Waals surface area contributed by atoms with Gasteiger partial charge in [-0.3, -0.25) is 19.2 Å². The molecule has 0 N–H and O–H groups in total. The fourth-order valence-corrected chi connectivity index (χ4v) is 4.65. The first-order valence-corrected chi connectivity index (χ1v) is 10.2. The van der Waals surface area contributed by atoms with Gasteiger partial charge in [0.2, 0.25) is 0 Å². The number of carbonyl (C=O) groups is 4. The van der Waals surface area contributed by atoms with Gasteiger partial charge in [0.15, 0.2) is 11.6 Å². The van der Waals surface area contributed by atoms with Crippen molar-refractivity contribution >= 4 is 23.5 Å². The van der Waals surface area contributed by atoms with Gasteiger partial charge < -0.3 is 9.47 Å². The van der Waals surface area contributed by atoms with Gasteiger partial charge in [0.1, 0.15) is 23.0 Å². The average molecular weight is 414 g/mol. The van der Waals surface area contributed by atoms with Gasteiger partial charge in [-0.2, -0.15) is 0 Å². The fraction of sp³-hybridized carbons (Fsp3) is 0.583. The van der Waals surface area contributed by atoms with Crippen molar-refractivity contribution in [1.29, 1.82) is 0 Å². The third-order valence-corrected chi connectivity index (χ3v) is 6.63. The first-order chi connectivity index (χ1) is 13.6. The molecule has 2 aliphatic rings. The maximum atomic E-state index is 12.9. The van der Waals surface area contributed by atoms with Crippen molar-refractivity contribution in [1.82, 2.24) is 0 Å². The van der Waals surface area contributed by atoms with Crippen molar-refractivity contribution in [2.24, 2.45) is 21.7 Å². The van der Waals surface area contributed by atoms with Gasteiger partial charge in [-0.15, -0.1) is 0 Å². The summed E-state index contributed by atoms with van der Waals surface area (Å²) in [6, 6.07) is 7.03. The Morgan fingerprint density at radius 1 is 0.567 bits per heavy atom. The van der Waals surface area contributed by atoms with Gasteiger partial charge in [-0.25, -0.2) is 0 Å². The molecule has 3 rings (SSSR count). The number of ketones is 2. The van der Waals surface area contributed by atoms with Crippen LogP contribution in [0.15, 0.2) is 24.3 Å². The predicted octanol–water partition coefficient (Wildman–Crippen LogP) is 4.13. The van der Waals surface area contributed by atoms with E-state index in [-0.39, 0.29) is 11.6 Å². The topological polar surface area (TPSA) is 86.7 Å². The zero-order valence-corrected chi connectivity index (χ0v) is 18.9. The molecule has 6 heteroatoms. The molecule has 2 heterocycles. The Morgan fingerprint density at radius 2 is 0.833 bits per heavy atom. The molecule has 0 unspecified atom stereocenters. The normalized spacial score (nSPS) is 29.2. The van der Waals surface area contributed by atoms with Gasteiger partial charge in [0.05, 0.1) is 10.8 Å². The lowest BCUT2D eigenvalue weighted by molar-refractivity contribution is -0.188. The summed E-state index contributed by atoms with van der Waals surface area (Å²) in [5.41, 5.74) is -2.81. The van der Waals surface area contributed by atoms with E-state index >= 15 is 0 Å². The lowest BCUT2D eigenvalue weighted by atomic mass is 9.66. The average Bonchev–Trinajstić information content (AvgIpc) is 2.66. The zero-order chi connectivity index (χ0) is 22.9. The number of ether oxygens (including phenoxy) is 2. The largest absolute Gasteiger partial charge is 0.456 e. The second-order valence-electron chi connectivity index (χ2n) is 10.6. The standard InChI is InChI=1S/C24H30O6/c1-21(2)15(29-19(27)23(5,6)17(21)25)13-9-11-14(12-10-13)16-22(3,4)18(26)24(7,8)20(28)30-16/h9-12,15-16H,1-8H3/t15-,16-/m0/s1. The van der Waals surface area contributed by atoms with Crippen LogP contribution in [0.3, 0.4) is 0 Å². The van der Waals surface area contributed by atoms with Crippen LogP contribution in [0.2, 0.25) is 0 Å². The molecule has 30 heavy (non-hydrogen) atoms. The zero-order valence-electron chi connectivity index (χ0n) is 18.9. The molecule has 1 aromatic carbocycles. The maximum absolute atomic E-state index is 12.9. The quantitative estimate of drug-likeness (QED) is 0.534. The van der Waals surface area contributed by atoms with E-state index in [4.69, 9.17) is 9.47 Å². The summed E-state index contributed by atoms with van der Waals surface area (Å²) in [7, 11) is 0. The monoisotopic (exact) mass is 414 g/mol. The molecule has 2 aliphatic heterocycles. The molecule has 0 saturated carbocycles. The van der Waals surface area contributed by atoms with E-state index in [0.29, 0.717) is 11.1 Å². The summed E-state index contributed by atoms with van der Waals surface area (Å²) in [6.07, 6.45) is -1.44. The van der Waals surface area contributed by atoms with Crippen molar-refractivity contribution in [2.75, 3.05) is 0 Å². The SMILES string of the molecule is CC1(C)C(=O)O[C@@H](c2ccc([C@@H]3OC(=O)C(C)(C)C(=O)C3(C)C)cc2)C(C)(C)C1=O. The first kappa shape index (κ1) is 22.2. The highest BCUT2D eigenvalue weighted by Gasteiger charge is 2.57. The molecule has 0 aromatic heterocycles. The van der Waals surface area contributed by atoms with Crippen LogP contribution >= 0.6 is 0 Å². The minimum absolute atomic E-state index is 0.171. The number of cyclic esters (lactones) is 2. The van der Waals surface area contributed by atoms with Crippen LogP contribution in [-0.4, -0.2) is 23.5 Å². The number of carbonyl (C=O) groups excluding carboxylic acids is 4. The van der Waals surface area contributed by atoms with Gasteiger partial charge >= 0.3 is 11.9 Å². The lowest BCUT2D eigenvalue weighted by Crippen LogP contribution is -2.52. The van der Waals surface area contributed by atoms with Crippen LogP contribution in [-0.2, 0) is 28.7 Å². The van der Waals surface area contributed by atoms with E-state index in [1.54, 1.807) is 79.7 Å². The highest BCUT2D eigenvalue weighted by molar-refractivity contribution is 6.08. The van der Waals surface area contributed by atoms with Gasteiger partial charge in [0, 0.05) is 0 Å². The summed E-state index contributed by atoms with van der Waals surface area (Å²) >= 11 is 0. The molecular weight excluding hydrogens is 384 g/mol. The van der Waals surface area contributed by atoms with Crippen LogP contribution in [0.1, 0.15) is 78.7 Å². The Hall–Kier alpha value is -2.50. The smallest absolute Gasteiger partial charge is 0.319 e. The molecule has 1 aromatic rings. The summed E-state index contributed by atoms with van der Waals surface area (Å²) in [5, 5.41) is 0. The summed E-state index contributed by atoms with van der Waals surface area (Å²) < 4.78 is 11.3. The predicted molar refractivity (Wildman–Crippen MR) is 109 cm³/mol. The molecule has 162 valence electrons. The first-order valence-electron chi connectivity index (χ1n) is 10.2. The van der Waals surface area contributed by atoms with E-state index in [0.717, 1.165) is 0 Å². The molecule has 2 fully saturated rings. The van der Waals surface area contributed by atoms with Crippen LogP contribution < -0.4 is 0 Å². The molecule has 6 nitrogen and oxygen atoms in total.